The Balaban J connectivity index is 1.61. The third kappa shape index (κ3) is 4.01. The van der Waals surface area contributed by atoms with Crippen molar-refractivity contribution in [2.24, 2.45) is 0 Å². The highest BCUT2D eigenvalue weighted by molar-refractivity contribution is 5.96. The van der Waals surface area contributed by atoms with E-state index in [0.29, 0.717) is 52.8 Å². The zero-order valence-electron chi connectivity index (χ0n) is 19.0. The first-order valence-corrected chi connectivity index (χ1v) is 11.3. The summed E-state index contributed by atoms with van der Waals surface area (Å²) in [7, 11) is 0. The van der Waals surface area contributed by atoms with E-state index in [1.54, 1.807) is 36.4 Å². The number of aromatic hydroxyl groups is 2. The molecule has 1 fully saturated rings. The molecule has 0 amide bonds. The maximum Gasteiger partial charge on any atom is 0.275 e. The van der Waals surface area contributed by atoms with Gasteiger partial charge in [0.05, 0.1) is 23.1 Å². The Hall–Kier alpha value is -4.20. The minimum Gasteiger partial charge on any atom is -0.504 e. The van der Waals surface area contributed by atoms with Crippen LogP contribution in [0.4, 0.5) is 4.39 Å². The van der Waals surface area contributed by atoms with Crippen molar-refractivity contribution in [1.82, 2.24) is 9.78 Å². The van der Waals surface area contributed by atoms with E-state index in [0.717, 1.165) is 4.68 Å². The summed E-state index contributed by atoms with van der Waals surface area (Å²) < 4.78 is 20.7. The number of phenolic OH excluding ortho intramolecular Hbond substituents is 2. The van der Waals surface area contributed by atoms with Gasteiger partial charge in [0, 0.05) is 10.9 Å². The Kier molecular flexibility index (Phi) is 5.51. The lowest BCUT2D eigenvalue weighted by Crippen LogP contribution is -2.32. The first-order valence-electron chi connectivity index (χ1n) is 11.3. The van der Waals surface area contributed by atoms with Crippen molar-refractivity contribution < 1.29 is 24.1 Å². The van der Waals surface area contributed by atoms with Gasteiger partial charge in [0.15, 0.2) is 17.3 Å². The molecule has 0 atom stereocenters. The van der Waals surface area contributed by atoms with Gasteiger partial charge in [-0.25, -0.2) is 9.07 Å². The number of carbonyl (C=O) groups is 1. The largest absolute Gasteiger partial charge is 0.504 e. The number of Topliss-reactive ketones (excluding diaryl/α,β-unsaturated/α-hetero) is 1. The molecule has 0 bridgehead atoms. The van der Waals surface area contributed by atoms with E-state index in [-0.39, 0.29) is 23.8 Å². The van der Waals surface area contributed by atoms with E-state index in [1.807, 2.05) is 6.92 Å². The third-order valence-electron chi connectivity index (χ3n) is 6.45. The highest BCUT2D eigenvalue weighted by Crippen LogP contribution is 2.50. The Bertz CT molecular complexity index is 1520. The molecule has 0 spiro atoms. The van der Waals surface area contributed by atoms with Crippen molar-refractivity contribution >= 4 is 16.6 Å². The minimum atomic E-state index is -0.854. The number of phenols is 2. The summed E-state index contributed by atoms with van der Waals surface area (Å²) >= 11 is 0. The number of ketones is 1. The number of nitrogens with zero attached hydrogens (tertiary/aromatic N) is 2. The fraction of sp³-hybridized carbons (Fsp3) is 0.222. The zero-order valence-corrected chi connectivity index (χ0v) is 19.0. The number of carbonyl (C=O) groups excluding carboxylic acids is 1. The van der Waals surface area contributed by atoms with Crippen LogP contribution in [0.15, 0.2) is 65.5 Å². The molecule has 8 heteroatoms. The Labute approximate surface area is 200 Å². The monoisotopic (exact) mass is 474 g/mol. The molecule has 178 valence electrons. The quantitative estimate of drug-likeness (QED) is 0.387. The highest BCUT2D eigenvalue weighted by Gasteiger charge is 2.51. The summed E-state index contributed by atoms with van der Waals surface area (Å²) in [6, 6.07) is 15.3. The number of hydrogen-bond donors (Lipinski definition) is 2. The molecule has 1 aromatic heterocycles. The lowest BCUT2D eigenvalue weighted by molar-refractivity contribution is -0.122. The van der Waals surface area contributed by atoms with Gasteiger partial charge in [-0.3, -0.25) is 9.59 Å². The van der Waals surface area contributed by atoms with E-state index in [1.165, 1.54) is 24.3 Å². The lowest BCUT2D eigenvalue weighted by atomic mass is 9.91. The van der Waals surface area contributed by atoms with E-state index >= 15 is 0 Å². The molecule has 1 aliphatic rings. The van der Waals surface area contributed by atoms with Crippen LogP contribution >= 0.6 is 0 Å². The number of halogens is 1. The Morgan fingerprint density at radius 3 is 2.54 bits per heavy atom. The molecular weight excluding hydrogens is 451 g/mol. The predicted molar refractivity (Wildman–Crippen MR) is 128 cm³/mol. The van der Waals surface area contributed by atoms with Gasteiger partial charge in [-0.05, 0) is 67.8 Å². The molecule has 1 saturated carbocycles. The van der Waals surface area contributed by atoms with Crippen LogP contribution in [0.25, 0.3) is 22.0 Å². The van der Waals surface area contributed by atoms with Gasteiger partial charge in [0.1, 0.15) is 18.1 Å². The van der Waals surface area contributed by atoms with Gasteiger partial charge in [0.25, 0.3) is 5.56 Å². The van der Waals surface area contributed by atoms with Gasteiger partial charge in [-0.1, -0.05) is 18.2 Å². The average Bonchev–Trinajstić information content (AvgIpc) is 3.65. The summed E-state index contributed by atoms with van der Waals surface area (Å²) in [6.45, 7) is 1.96. The van der Waals surface area contributed by atoms with Crippen molar-refractivity contribution in [1.29, 1.82) is 0 Å². The van der Waals surface area contributed by atoms with E-state index in [4.69, 9.17) is 4.74 Å². The van der Waals surface area contributed by atoms with Crippen molar-refractivity contribution in [3.05, 3.63) is 82.4 Å². The van der Waals surface area contributed by atoms with Crippen LogP contribution in [0.3, 0.4) is 0 Å². The maximum absolute atomic E-state index is 14.0. The van der Waals surface area contributed by atoms with Gasteiger partial charge in [-0.15, -0.1) is 0 Å². The van der Waals surface area contributed by atoms with Crippen LogP contribution in [0.2, 0.25) is 0 Å². The zero-order chi connectivity index (χ0) is 24.7. The fourth-order valence-electron chi connectivity index (χ4n) is 4.44. The maximum atomic E-state index is 14.0. The fourth-order valence-corrected chi connectivity index (χ4v) is 4.44. The molecule has 0 unspecified atom stereocenters. The SMILES string of the molecule is CCOc1ccc2c(-c3cccc(F)c3)nn(CC(=O)C3(c4ccc(O)c(O)c4)CC3)c(=O)c2c1. The molecular formula is C27H23FN2O5. The summed E-state index contributed by atoms with van der Waals surface area (Å²) in [5.74, 6) is -0.748. The van der Waals surface area contributed by atoms with E-state index < -0.39 is 16.8 Å². The number of fused-ring (bicyclic) bond motifs is 1. The van der Waals surface area contributed by atoms with Gasteiger partial charge in [0.2, 0.25) is 0 Å². The van der Waals surface area contributed by atoms with Crippen LogP contribution in [0.5, 0.6) is 17.2 Å². The number of rotatable bonds is 7. The number of hydrogen-bond acceptors (Lipinski definition) is 6. The van der Waals surface area contributed by atoms with Gasteiger partial charge in [-0.2, -0.15) is 5.10 Å². The molecule has 1 aliphatic carbocycles. The second-order valence-corrected chi connectivity index (χ2v) is 8.67. The summed E-state index contributed by atoms with van der Waals surface area (Å²) in [5.41, 5.74) is 0.120. The summed E-state index contributed by atoms with van der Waals surface area (Å²) in [5, 5.41) is 24.9. The second kappa shape index (κ2) is 8.54. The first kappa shape index (κ1) is 22.6. The smallest absolute Gasteiger partial charge is 0.275 e. The molecule has 0 saturated heterocycles. The van der Waals surface area contributed by atoms with Gasteiger partial charge >= 0.3 is 0 Å². The van der Waals surface area contributed by atoms with Crippen LogP contribution < -0.4 is 10.3 Å². The minimum absolute atomic E-state index is 0.234. The average molecular weight is 474 g/mol. The van der Waals surface area contributed by atoms with Gasteiger partial charge < -0.3 is 14.9 Å². The van der Waals surface area contributed by atoms with Crippen molar-refractivity contribution in [3.63, 3.8) is 0 Å². The number of ether oxygens (including phenoxy) is 1. The lowest BCUT2D eigenvalue weighted by Gasteiger charge is -2.17. The molecule has 2 N–H and O–H groups in total. The second-order valence-electron chi connectivity index (χ2n) is 8.67. The normalized spacial score (nSPS) is 14.1. The van der Waals surface area contributed by atoms with Crippen molar-refractivity contribution in [2.75, 3.05) is 6.61 Å². The number of aromatic nitrogens is 2. The van der Waals surface area contributed by atoms with E-state index in [2.05, 4.69) is 5.10 Å². The molecule has 0 aliphatic heterocycles. The van der Waals surface area contributed by atoms with E-state index in [9.17, 15) is 24.2 Å². The van der Waals surface area contributed by atoms with Crippen LogP contribution in [0.1, 0.15) is 25.3 Å². The molecule has 4 aromatic rings. The first-order chi connectivity index (χ1) is 16.8. The Morgan fingerprint density at radius 1 is 1.06 bits per heavy atom. The molecule has 35 heavy (non-hydrogen) atoms. The topological polar surface area (TPSA) is 102 Å². The highest BCUT2D eigenvalue weighted by atomic mass is 19.1. The molecule has 7 nitrogen and oxygen atoms in total. The summed E-state index contributed by atoms with van der Waals surface area (Å²) in [6.07, 6.45) is 1.12. The molecule has 0 radical (unpaired) electrons. The predicted octanol–water partition coefficient (Wildman–Crippen LogP) is 4.31. The molecule has 1 heterocycles. The number of benzene rings is 3. The van der Waals surface area contributed by atoms with Crippen molar-refractivity contribution in [2.45, 2.75) is 31.7 Å². The Morgan fingerprint density at radius 2 is 1.86 bits per heavy atom. The third-order valence-corrected chi connectivity index (χ3v) is 6.45. The van der Waals surface area contributed by atoms with Crippen LogP contribution in [0, 0.1) is 5.82 Å². The molecule has 5 rings (SSSR count). The standard InChI is InChI=1S/C27H23FN2O5/c1-2-35-19-7-8-20-21(14-19)26(34)30(29-25(20)16-4-3-5-18(28)12-16)15-24(33)27(10-11-27)17-6-9-22(31)23(32)13-17/h3-9,12-14,31-32H,2,10-11,15H2,1H3. The summed E-state index contributed by atoms with van der Waals surface area (Å²) in [4.78, 5) is 26.8. The van der Waals surface area contributed by atoms with Crippen molar-refractivity contribution in [3.8, 4) is 28.5 Å². The van der Waals surface area contributed by atoms with Crippen LogP contribution in [-0.2, 0) is 16.8 Å². The molecule has 3 aromatic carbocycles. The van der Waals surface area contributed by atoms with Crippen LogP contribution in [-0.4, -0.2) is 32.4 Å².